The molecule has 0 spiro atoms. The summed E-state index contributed by atoms with van der Waals surface area (Å²) in [6, 6.07) is 8.65. The number of rotatable bonds is 5. The molecule has 1 heterocycles. The van der Waals surface area contributed by atoms with E-state index in [1.54, 1.807) is 0 Å². The number of β-amino-alcohol motifs (C(OH)–C–C–N with tert-alkyl or cyclic N) is 1. The van der Waals surface area contributed by atoms with Crippen molar-refractivity contribution < 1.29 is 9.84 Å². The third kappa shape index (κ3) is 5.29. The molecule has 1 saturated carbocycles. The van der Waals surface area contributed by atoms with Crippen molar-refractivity contribution in [1.29, 1.82) is 0 Å². The maximum Gasteiger partial charge on any atom is 0.0900 e. The highest BCUT2D eigenvalue weighted by Crippen LogP contribution is 2.38. The fraction of sp³-hybridized carbons (Fsp3) is 0.727. The van der Waals surface area contributed by atoms with Crippen LogP contribution in [0.3, 0.4) is 0 Å². The Morgan fingerprint density at radius 2 is 1.80 bits per heavy atom. The molecule has 2 aliphatic rings. The van der Waals surface area contributed by atoms with Crippen LogP contribution < -0.4 is 0 Å². The van der Waals surface area contributed by atoms with Crippen molar-refractivity contribution in [3.63, 3.8) is 0 Å². The maximum atomic E-state index is 10.4. The van der Waals surface area contributed by atoms with Gasteiger partial charge in [-0.2, -0.15) is 0 Å². The topological polar surface area (TPSA) is 32.7 Å². The van der Waals surface area contributed by atoms with E-state index in [1.165, 1.54) is 24.0 Å². The fourth-order valence-corrected chi connectivity index (χ4v) is 4.40. The van der Waals surface area contributed by atoms with Gasteiger partial charge in [-0.3, -0.25) is 4.90 Å². The lowest BCUT2D eigenvalue weighted by atomic mass is 9.72. The lowest BCUT2D eigenvalue weighted by molar-refractivity contribution is -0.0452. The highest BCUT2D eigenvalue weighted by molar-refractivity contribution is 5.29. The summed E-state index contributed by atoms with van der Waals surface area (Å²) in [7, 11) is 0. The third-order valence-corrected chi connectivity index (χ3v) is 6.10. The highest BCUT2D eigenvalue weighted by atomic mass is 16.5. The van der Waals surface area contributed by atoms with Gasteiger partial charge in [0.15, 0.2) is 0 Å². The summed E-state index contributed by atoms with van der Waals surface area (Å²) in [5.74, 6) is 0.811. The van der Waals surface area contributed by atoms with Gasteiger partial charge in [-0.05, 0) is 54.6 Å². The molecule has 0 bridgehead atoms. The number of fused-ring (bicyclic) bond motifs is 1. The van der Waals surface area contributed by atoms with Gasteiger partial charge in [-0.15, -0.1) is 0 Å². The molecule has 1 fully saturated rings. The molecule has 3 nitrogen and oxygen atoms in total. The van der Waals surface area contributed by atoms with Crippen molar-refractivity contribution in [3.8, 4) is 0 Å². The molecule has 1 N–H and O–H groups in total. The van der Waals surface area contributed by atoms with E-state index in [2.05, 4.69) is 49.9 Å². The Bertz CT molecular complexity index is 543. The minimum Gasteiger partial charge on any atom is -0.389 e. The summed E-state index contributed by atoms with van der Waals surface area (Å²) in [4.78, 5) is 2.35. The van der Waals surface area contributed by atoms with Gasteiger partial charge in [-0.25, -0.2) is 0 Å². The van der Waals surface area contributed by atoms with Gasteiger partial charge in [0.05, 0.1) is 18.8 Å². The predicted molar refractivity (Wildman–Crippen MR) is 103 cm³/mol. The zero-order chi connectivity index (χ0) is 17.9. The molecule has 0 radical (unpaired) electrons. The van der Waals surface area contributed by atoms with E-state index >= 15 is 0 Å². The van der Waals surface area contributed by atoms with Crippen LogP contribution >= 0.6 is 0 Å². The maximum absolute atomic E-state index is 10.4. The van der Waals surface area contributed by atoms with Crippen LogP contribution in [0.5, 0.6) is 0 Å². The highest BCUT2D eigenvalue weighted by Gasteiger charge is 2.30. The second kappa shape index (κ2) is 8.20. The van der Waals surface area contributed by atoms with Crippen LogP contribution in [0, 0.1) is 11.3 Å². The molecule has 0 aromatic heterocycles. The summed E-state index contributed by atoms with van der Waals surface area (Å²) in [5, 5.41) is 10.4. The van der Waals surface area contributed by atoms with E-state index in [0.717, 1.165) is 38.3 Å². The molecule has 25 heavy (non-hydrogen) atoms. The molecule has 0 saturated heterocycles. The lowest BCUT2D eigenvalue weighted by Gasteiger charge is -2.37. The summed E-state index contributed by atoms with van der Waals surface area (Å²) >= 11 is 0. The molecule has 1 atom stereocenters. The van der Waals surface area contributed by atoms with E-state index in [-0.39, 0.29) is 6.10 Å². The minimum absolute atomic E-state index is 0.343. The van der Waals surface area contributed by atoms with E-state index < -0.39 is 0 Å². The Morgan fingerprint density at radius 3 is 2.48 bits per heavy atom. The number of hydrogen-bond donors (Lipinski definition) is 1. The van der Waals surface area contributed by atoms with Gasteiger partial charge < -0.3 is 9.84 Å². The van der Waals surface area contributed by atoms with Crippen molar-refractivity contribution in [1.82, 2.24) is 4.90 Å². The molecular weight excluding hydrogens is 310 g/mol. The zero-order valence-electron chi connectivity index (χ0n) is 16.2. The van der Waals surface area contributed by atoms with Crippen molar-refractivity contribution >= 4 is 0 Å². The number of hydrogen-bond acceptors (Lipinski definition) is 3. The predicted octanol–water partition coefficient (Wildman–Crippen LogP) is 4.03. The van der Waals surface area contributed by atoms with Crippen LogP contribution in [0.4, 0.5) is 0 Å². The van der Waals surface area contributed by atoms with E-state index in [1.807, 2.05) is 0 Å². The van der Waals surface area contributed by atoms with Crippen molar-refractivity contribution in [3.05, 3.63) is 35.4 Å². The number of benzene rings is 1. The molecule has 1 aliphatic heterocycles. The summed E-state index contributed by atoms with van der Waals surface area (Å²) in [6.07, 6.45) is 5.85. The smallest absolute Gasteiger partial charge is 0.0900 e. The van der Waals surface area contributed by atoms with Gasteiger partial charge in [0.25, 0.3) is 0 Å². The number of nitrogens with zero attached hydrogens (tertiary/aromatic N) is 1. The van der Waals surface area contributed by atoms with Crippen LogP contribution in [0.25, 0.3) is 0 Å². The normalized spacial score (nSPS) is 26.2. The molecule has 0 amide bonds. The van der Waals surface area contributed by atoms with Crippen molar-refractivity contribution in [2.45, 2.75) is 71.6 Å². The average molecular weight is 346 g/mol. The zero-order valence-corrected chi connectivity index (χ0v) is 16.2. The second-order valence-electron chi connectivity index (χ2n) is 9.08. The van der Waals surface area contributed by atoms with Crippen LogP contribution in [0.1, 0.15) is 57.6 Å². The molecule has 3 heteroatoms. The Hall–Kier alpha value is -0.900. The molecule has 0 unspecified atom stereocenters. The van der Waals surface area contributed by atoms with Gasteiger partial charge in [-0.1, -0.05) is 45.0 Å². The summed E-state index contributed by atoms with van der Waals surface area (Å²) in [5.41, 5.74) is 3.28. The SMILES string of the molecule is CC(C)(C)C1CCC(OC[C@H](O)CN2CCc3ccccc3C2)CC1. The van der Waals surface area contributed by atoms with E-state index in [9.17, 15) is 5.11 Å². The Kier molecular flexibility index (Phi) is 6.19. The molecule has 1 aromatic rings. The second-order valence-corrected chi connectivity index (χ2v) is 9.08. The number of aliphatic hydroxyl groups is 1. The molecule has 1 aliphatic carbocycles. The summed E-state index contributed by atoms with van der Waals surface area (Å²) < 4.78 is 6.04. The van der Waals surface area contributed by atoms with Crippen molar-refractivity contribution in [2.75, 3.05) is 19.7 Å². The number of aliphatic hydroxyl groups excluding tert-OH is 1. The van der Waals surface area contributed by atoms with Crippen LogP contribution in [-0.4, -0.2) is 41.9 Å². The lowest BCUT2D eigenvalue weighted by Crippen LogP contribution is -2.39. The van der Waals surface area contributed by atoms with Crippen molar-refractivity contribution in [2.24, 2.45) is 11.3 Å². The molecule has 3 rings (SSSR count). The first-order valence-electron chi connectivity index (χ1n) is 10.0. The Balaban J connectivity index is 1.37. The first-order valence-corrected chi connectivity index (χ1v) is 10.0. The fourth-order valence-electron chi connectivity index (χ4n) is 4.40. The van der Waals surface area contributed by atoms with Crippen LogP contribution in [-0.2, 0) is 17.7 Å². The first-order chi connectivity index (χ1) is 11.9. The van der Waals surface area contributed by atoms with E-state index in [4.69, 9.17) is 4.74 Å². The monoisotopic (exact) mass is 345 g/mol. The van der Waals surface area contributed by atoms with Gasteiger partial charge in [0.1, 0.15) is 0 Å². The first kappa shape index (κ1) is 18.9. The Labute approximate surface area is 153 Å². The Morgan fingerprint density at radius 1 is 1.12 bits per heavy atom. The number of ether oxygens (including phenoxy) is 1. The van der Waals surface area contributed by atoms with Crippen LogP contribution in [0.15, 0.2) is 24.3 Å². The minimum atomic E-state index is -0.384. The average Bonchev–Trinajstić information content (AvgIpc) is 2.59. The molecular formula is C22H35NO2. The summed E-state index contributed by atoms with van der Waals surface area (Å²) in [6.45, 7) is 10.2. The third-order valence-electron chi connectivity index (χ3n) is 6.10. The van der Waals surface area contributed by atoms with E-state index in [0.29, 0.717) is 24.7 Å². The van der Waals surface area contributed by atoms with Gasteiger partial charge in [0.2, 0.25) is 0 Å². The largest absolute Gasteiger partial charge is 0.389 e. The molecule has 140 valence electrons. The van der Waals surface area contributed by atoms with Gasteiger partial charge in [0, 0.05) is 19.6 Å². The molecule has 1 aromatic carbocycles. The van der Waals surface area contributed by atoms with Crippen LogP contribution in [0.2, 0.25) is 0 Å². The standard InChI is InChI=1S/C22H35NO2/c1-22(2,3)19-8-10-21(11-9-19)25-16-20(24)15-23-13-12-17-6-4-5-7-18(17)14-23/h4-7,19-21,24H,8-16H2,1-3H3/t19?,20-,21?/m1/s1. The quantitative estimate of drug-likeness (QED) is 0.875. The van der Waals surface area contributed by atoms with Gasteiger partial charge >= 0.3 is 0 Å².